The van der Waals surface area contributed by atoms with Crippen molar-refractivity contribution in [2.75, 3.05) is 10.6 Å². The molecule has 4 rings (SSSR count). The van der Waals surface area contributed by atoms with E-state index in [-0.39, 0.29) is 28.2 Å². The molecule has 2 heterocycles. The predicted octanol–water partition coefficient (Wildman–Crippen LogP) is 3.73. The molecule has 0 saturated heterocycles. The van der Waals surface area contributed by atoms with E-state index in [0.717, 1.165) is 49.2 Å². The first-order valence-corrected chi connectivity index (χ1v) is 12.4. The number of amides is 3. The Bertz CT molecular complexity index is 1230. The number of furan rings is 1. The van der Waals surface area contributed by atoms with E-state index in [2.05, 4.69) is 9.69 Å². The monoisotopic (exact) mass is 495 g/mol. The van der Waals surface area contributed by atoms with Gasteiger partial charge in [-0.05, 0) is 67.5 Å². The molecule has 0 bridgehead atoms. The van der Waals surface area contributed by atoms with Gasteiger partial charge >= 0.3 is 0 Å². The molecule has 1 aliphatic rings. The molecule has 184 valence electrons. The van der Waals surface area contributed by atoms with Crippen molar-refractivity contribution in [2.24, 2.45) is 5.73 Å². The minimum atomic E-state index is -1.09. The zero-order chi connectivity index (χ0) is 25.1. The fourth-order valence-electron chi connectivity index (χ4n) is 4.34. The second kappa shape index (κ2) is 10.3. The maximum atomic E-state index is 14.0. The highest BCUT2D eigenvalue weighted by Crippen LogP contribution is 2.34. The van der Waals surface area contributed by atoms with E-state index < -0.39 is 17.9 Å². The molecule has 1 aromatic carbocycles. The smallest absolute Gasteiger partial charge is 0.273 e. The number of benzene rings is 1. The SMILES string of the molecule is CCc1ccc(N(C(=O)c2snc(C(N)=O)c2N)[C@H](C(=O)NC2CCCC2)c2ccc(C)o2)cc1. The van der Waals surface area contributed by atoms with Crippen LogP contribution in [0.4, 0.5) is 11.4 Å². The van der Waals surface area contributed by atoms with Gasteiger partial charge in [0.1, 0.15) is 16.4 Å². The second-order valence-corrected chi connectivity index (χ2v) is 9.45. The number of nitrogens with zero attached hydrogens (tertiary/aromatic N) is 2. The maximum Gasteiger partial charge on any atom is 0.273 e. The van der Waals surface area contributed by atoms with Crippen LogP contribution in [0.5, 0.6) is 0 Å². The van der Waals surface area contributed by atoms with Gasteiger partial charge in [0, 0.05) is 11.7 Å². The summed E-state index contributed by atoms with van der Waals surface area (Å²) in [4.78, 5) is 40.8. The summed E-state index contributed by atoms with van der Waals surface area (Å²) < 4.78 is 9.84. The summed E-state index contributed by atoms with van der Waals surface area (Å²) in [6, 6.07) is 9.77. The number of rotatable bonds is 8. The van der Waals surface area contributed by atoms with E-state index in [1.165, 1.54) is 4.90 Å². The minimum Gasteiger partial charge on any atom is -0.464 e. The number of hydrogen-bond acceptors (Lipinski definition) is 7. The summed E-state index contributed by atoms with van der Waals surface area (Å²) in [6.45, 7) is 3.81. The predicted molar refractivity (Wildman–Crippen MR) is 134 cm³/mol. The van der Waals surface area contributed by atoms with Crippen molar-refractivity contribution < 1.29 is 18.8 Å². The number of carbonyl (C=O) groups excluding carboxylic acids is 3. The topological polar surface area (TPSA) is 145 Å². The zero-order valence-corrected chi connectivity index (χ0v) is 20.6. The van der Waals surface area contributed by atoms with Crippen molar-refractivity contribution in [1.29, 1.82) is 0 Å². The highest BCUT2D eigenvalue weighted by molar-refractivity contribution is 7.09. The van der Waals surface area contributed by atoms with Crippen LogP contribution in [0.25, 0.3) is 0 Å². The van der Waals surface area contributed by atoms with Crippen molar-refractivity contribution in [3.8, 4) is 0 Å². The highest BCUT2D eigenvalue weighted by atomic mass is 32.1. The third-order valence-corrected chi connectivity index (χ3v) is 7.09. The molecule has 2 aromatic heterocycles. The van der Waals surface area contributed by atoms with Gasteiger partial charge in [0.25, 0.3) is 17.7 Å². The Balaban J connectivity index is 1.83. The molecule has 3 amide bonds. The Morgan fingerprint density at radius 1 is 1.17 bits per heavy atom. The molecule has 10 heteroatoms. The summed E-state index contributed by atoms with van der Waals surface area (Å²) in [5, 5.41) is 3.09. The summed E-state index contributed by atoms with van der Waals surface area (Å²) >= 11 is 0.776. The van der Waals surface area contributed by atoms with Gasteiger partial charge in [0.2, 0.25) is 0 Å². The maximum absolute atomic E-state index is 14.0. The molecule has 0 spiro atoms. The molecular formula is C25H29N5O4S. The van der Waals surface area contributed by atoms with Gasteiger partial charge in [0.15, 0.2) is 11.7 Å². The van der Waals surface area contributed by atoms with E-state index in [1.54, 1.807) is 31.2 Å². The molecular weight excluding hydrogens is 466 g/mol. The van der Waals surface area contributed by atoms with Crippen LogP contribution in [0.15, 0.2) is 40.8 Å². The Kier molecular flexibility index (Phi) is 7.20. The van der Waals surface area contributed by atoms with Crippen LogP contribution < -0.4 is 21.7 Å². The van der Waals surface area contributed by atoms with E-state index in [1.807, 2.05) is 19.1 Å². The lowest BCUT2D eigenvalue weighted by Gasteiger charge is -2.30. The van der Waals surface area contributed by atoms with E-state index in [9.17, 15) is 14.4 Å². The van der Waals surface area contributed by atoms with Crippen molar-refractivity contribution in [1.82, 2.24) is 9.69 Å². The van der Waals surface area contributed by atoms with Crippen LogP contribution in [0.2, 0.25) is 0 Å². The fourth-order valence-corrected chi connectivity index (χ4v) is 5.08. The molecule has 1 fully saturated rings. The van der Waals surface area contributed by atoms with Crippen LogP contribution in [-0.4, -0.2) is 28.1 Å². The largest absolute Gasteiger partial charge is 0.464 e. The van der Waals surface area contributed by atoms with E-state index in [0.29, 0.717) is 17.2 Å². The number of aromatic nitrogens is 1. The molecule has 35 heavy (non-hydrogen) atoms. The number of aryl methyl sites for hydroxylation is 2. The van der Waals surface area contributed by atoms with Crippen molar-refractivity contribution in [3.05, 3.63) is 64.1 Å². The Morgan fingerprint density at radius 2 is 1.86 bits per heavy atom. The van der Waals surface area contributed by atoms with Crippen molar-refractivity contribution in [2.45, 2.75) is 58.0 Å². The number of hydrogen-bond donors (Lipinski definition) is 3. The number of anilines is 2. The number of nitrogen functional groups attached to an aromatic ring is 1. The average Bonchev–Trinajstić information content (AvgIpc) is 3.59. The lowest BCUT2D eigenvalue weighted by atomic mass is 10.1. The molecule has 0 unspecified atom stereocenters. The van der Waals surface area contributed by atoms with Crippen LogP contribution in [-0.2, 0) is 11.2 Å². The van der Waals surface area contributed by atoms with Gasteiger partial charge in [-0.2, -0.15) is 4.37 Å². The van der Waals surface area contributed by atoms with Gasteiger partial charge in [-0.25, -0.2) is 0 Å². The van der Waals surface area contributed by atoms with Crippen LogP contribution in [0.1, 0.15) is 75.9 Å². The van der Waals surface area contributed by atoms with E-state index >= 15 is 0 Å². The number of nitrogens with one attached hydrogen (secondary N) is 1. The summed E-state index contributed by atoms with van der Waals surface area (Å²) in [7, 11) is 0. The first kappa shape index (κ1) is 24.5. The first-order chi connectivity index (χ1) is 16.8. The van der Waals surface area contributed by atoms with Crippen LogP contribution in [0, 0.1) is 6.92 Å². The molecule has 1 atom stereocenters. The third kappa shape index (κ3) is 5.07. The lowest BCUT2D eigenvalue weighted by Crippen LogP contribution is -2.46. The number of nitrogens with two attached hydrogens (primary N) is 2. The quantitative estimate of drug-likeness (QED) is 0.434. The molecule has 1 aliphatic carbocycles. The number of carbonyl (C=O) groups is 3. The fraction of sp³-hybridized carbons (Fsp3) is 0.360. The average molecular weight is 496 g/mol. The lowest BCUT2D eigenvalue weighted by molar-refractivity contribution is -0.123. The third-order valence-electron chi connectivity index (χ3n) is 6.24. The van der Waals surface area contributed by atoms with E-state index in [4.69, 9.17) is 15.9 Å². The van der Waals surface area contributed by atoms with Gasteiger partial charge in [-0.1, -0.05) is 31.9 Å². The molecule has 1 saturated carbocycles. The Labute approximate surface area is 207 Å². The van der Waals surface area contributed by atoms with Crippen molar-refractivity contribution >= 4 is 40.6 Å². The standard InChI is InChI=1S/C25H29N5O4S/c1-3-15-9-11-17(12-10-15)30(25(33)22-19(26)20(23(27)31)29-35-22)21(18-13-8-14(2)34-18)24(32)28-16-6-4-5-7-16/h8-13,16,21H,3-7,26H2,1-2H3,(H2,27,31)(H,28,32)/t21-/m0/s1. The van der Waals surface area contributed by atoms with Crippen LogP contribution in [0.3, 0.4) is 0 Å². The summed E-state index contributed by atoms with van der Waals surface area (Å²) in [5.41, 5.74) is 12.8. The molecule has 3 aromatic rings. The first-order valence-electron chi connectivity index (χ1n) is 11.6. The summed E-state index contributed by atoms with van der Waals surface area (Å²) in [6.07, 6.45) is 4.69. The number of primary amides is 1. The van der Waals surface area contributed by atoms with Gasteiger partial charge in [0.05, 0.1) is 5.69 Å². The zero-order valence-electron chi connectivity index (χ0n) is 19.7. The normalized spacial score (nSPS) is 14.6. The van der Waals surface area contributed by atoms with Gasteiger partial charge < -0.3 is 21.2 Å². The molecule has 0 radical (unpaired) electrons. The van der Waals surface area contributed by atoms with Crippen LogP contribution >= 0.6 is 11.5 Å². The summed E-state index contributed by atoms with van der Waals surface area (Å²) in [5.74, 6) is -0.812. The molecule has 0 aliphatic heterocycles. The Morgan fingerprint density at radius 3 is 2.40 bits per heavy atom. The van der Waals surface area contributed by atoms with Crippen molar-refractivity contribution in [3.63, 3.8) is 0 Å². The minimum absolute atomic E-state index is 0.0281. The van der Waals surface area contributed by atoms with Gasteiger partial charge in [-0.15, -0.1) is 0 Å². The molecule has 5 N–H and O–H groups in total. The second-order valence-electron chi connectivity index (χ2n) is 8.67. The molecule has 9 nitrogen and oxygen atoms in total. The van der Waals surface area contributed by atoms with Gasteiger partial charge in [-0.3, -0.25) is 19.3 Å². The Hall–Kier alpha value is -3.66. The highest BCUT2D eigenvalue weighted by Gasteiger charge is 2.38.